The number of hydrogen-bond donors (Lipinski definition) is 2. The Morgan fingerprint density at radius 1 is 0.767 bits per heavy atom. The number of hydrogen-bond acceptors (Lipinski definition) is 5. The van der Waals surface area contributed by atoms with Gasteiger partial charge in [-0.1, -0.05) is 41.5 Å². The summed E-state index contributed by atoms with van der Waals surface area (Å²) in [5.41, 5.74) is 1.90. The molecule has 0 bridgehead atoms. The zero-order valence-electron chi connectivity index (χ0n) is 19.2. The van der Waals surface area contributed by atoms with Crippen LogP contribution < -0.4 is 10.6 Å². The topological polar surface area (TPSA) is 92.7 Å². The lowest BCUT2D eigenvalue weighted by Gasteiger charge is -2.17. The summed E-state index contributed by atoms with van der Waals surface area (Å²) < 4.78 is 0. The molecule has 7 nitrogen and oxygen atoms in total. The van der Waals surface area contributed by atoms with Gasteiger partial charge in [-0.15, -0.1) is 0 Å². The molecule has 0 aliphatic heterocycles. The van der Waals surface area contributed by atoms with Gasteiger partial charge >= 0.3 is 6.03 Å². The normalized spacial score (nSPS) is 11.9. The maximum Gasteiger partial charge on any atom is 0.314 e. The van der Waals surface area contributed by atoms with Crippen molar-refractivity contribution in [3.8, 4) is 0 Å². The van der Waals surface area contributed by atoms with Gasteiger partial charge in [-0.3, -0.25) is 0 Å². The van der Waals surface area contributed by atoms with E-state index in [1.54, 1.807) is 0 Å². The Hall–Kier alpha value is -2.57. The Balaban J connectivity index is 1.63. The summed E-state index contributed by atoms with van der Waals surface area (Å²) in [6.07, 6.45) is 6.93. The second-order valence-corrected chi connectivity index (χ2v) is 9.63. The second kappa shape index (κ2) is 10.5. The number of carbonyl (C=O) groups excluding carboxylic acids is 1. The first-order chi connectivity index (χ1) is 14.1. The summed E-state index contributed by atoms with van der Waals surface area (Å²) in [7, 11) is 0. The van der Waals surface area contributed by atoms with Gasteiger partial charge in [0.2, 0.25) is 0 Å². The highest BCUT2D eigenvalue weighted by atomic mass is 16.2. The van der Waals surface area contributed by atoms with Crippen molar-refractivity contribution < 1.29 is 4.79 Å². The van der Waals surface area contributed by atoms with Gasteiger partial charge in [0.25, 0.3) is 0 Å². The monoisotopic (exact) mass is 412 g/mol. The van der Waals surface area contributed by atoms with E-state index in [-0.39, 0.29) is 16.9 Å². The minimum atomic E-state index is -0.133. The molecule has 0 unspecified atom stereocenters. The minimum absolute atomic E-state index is 0.0613. The fourth-order valence-corrected chi connectivity index (χ4v) is 2.80. The number of carbonyl (C=O) groups is 1. The number of nitrogens with one attached hydrogen (secondary N) is 2. The van der Waals surface area contributed by atoms with Gasteiger partial charge in [0.05, 0.1) is 0 Å². The molecule has 0 atom stereocenters. The van der Waals surface area contributed by atoms with Gasteiger partial charge in [0.15, 0.2) is 0 Å². The molecule has 2 aromatic rings. The Morgan fingerprint density at radius 2 is 1.17 bits per heavy atom. The smallest absolute Gasteiger partial charge is 0.314 e. The summed E-state index contributed by atoms with van der Waals surface area (Å²) >= 11 is 0. The van der Waals surface area contributed by atoms with E-state index < -0.39 is 0 Å². The molecule has 0 radical (unpaired) electrons. The number of aromatic nitrogens is 4. The first kappa shape index (κ1) is 23.7. The molecule has 0 aliphatic rings. The first-order valence-electron chi connectivity index (χ1n) is 10.7. The Labute approximate surface area is 180 Å². The van der Waals surface area contributed by atoms with Crippen molar-refractivity contribution in [2.24, 2.45) is 0 Å². The van der Waals surface area contributed by atoms with Crippen LogP contribution in [-0.2, 0) is 23.7 Å². The molecular weight excluding hydrogens is 376 g/mol. The first-order valence-corrected chi connectivity index (χ1v) is 10.7. The fraction of sp³-hybridized carbons (Fsp3) is 0.609. The van der Waals surface area contributed by atoms with Crippen molar-refractivity contribution in [2.75, 3.05) is 13.1 Å². The van der Waals surface area contributed by atoms with Gasteiger partial charge in [-0.25, -0.2) is 24.7 Å². The van der Waals surface area contributed by atoms with Crippen molar-refractivity contribution in [1.82, 2.24) is 30.6 Å². The largest absolute Gasteiger partial charge is 0.338 e. The van der Waals surface area contributed by atoms with Gasteiger partial charge in [0, 0.05) is 47.7 Å². The van der Waals surface area contributed by atoms with E-state index in [1.165, 1.54) is 0 Å². The number of nitrogens with zero attached hydrogens (tertiary/aromatic N) is 4. The van der Waals surface area contributed by atoms with Crippen molar-refractivity contribution in [3.63, 3.8) is 0 Å². The molecular formula is C23H36N6O. The van der Waals surface area contributed by atoms with Crippen LogP contribution in [0.2, 0.25) is 0 Å². The van der Waals surface area contributed by atoms with E-state index >= 15 is 0 Å². The molecule has 2 rings (SSSR count). The molecule has 2 amide bonds. The molecule has 0 saturated carbocycles. The van der Waals surface area contributed by atoms with Crippen LogP contribution in [0, 0.1) is 0 Å². The van der Waals surface area contributed by atoms with E-state index in [2.05, 4.69) is 72.1 Å². The standard InChI is InChI=1S/C23H36N6O/c1-22(2,3)19-24-15-11-17(28-19)9-7-13-26-21(30)27-14-8-10-18-12-16-25-20(29-18)23(4,5)6/h11-12,15-16H,7-10,13-14H2,1-6H3,(H2,26,27,30). The molecule has 2 N–H and O–H groups in total. The van der Waals surface area contributed by atoms with E-state index in [9.17, 15) is 4.79 Å². The highest BCUT2D eigenvalue weighted by Crippen LogP contribution is 2.18. The van der Waals surface area contributed by atoms with Crippen LogP contribution in [-0.4, -0.2) is 39.1 Å². The zero-order valence-corrected chi connectivity index (χ0v) is 19.2. The van der Waals surface area contributed by atoms with E-state index in [0.717, 1.165) is 48.7 Å². The van der Waals surface area contributed by atoms with Gasteiger partial charge in [-0.2, -0.15) is 0 Å². The molecule has 0 saturated heterocycles. The molecule has 0 aromatic carbocycles. The molecule has 0 spiro atoms. The second-order valence-electron chi connectivity index (χ2n) is 9.63. The van der Waals surface area contributed by atoms with Crippen LogP contribution in [0.5, 0.6) is 0 Å². The highest BCUT2D eigenvalue weighted by Gasteiger charge is 2.18. The quantitative estimate of drug-likeness (QED) is 0.645. The summed E-state index contributed by atoms with van der Waals surface area (Å²) in [6.45, 7) is 13.8. The SMILES string of the molecule is CC(C)(C)c1nccc(CCCNC(=O)NCCCc2ccnc(C(C)(C)C)n2)n1. The average molecular weight is 413 g/mol. The maximum absolute atomic E-state index is 12.0. The molecule has 0 aliphatic carbocycles. The van der Waals surface area contributed by atoms with Crippen molar-refractivity contribution in [3.05, 3.63) is 47.6 Å². The predicted molar refractivity (Wildman–Crippen MR) is 120 cm³/mol. The van der Waals surface area contributed by atoms with Gasteiger partial charge < -0.3 is 10.6 Å². The minimum Gasteiger partial charge on any atom is -0.338 e. The van der Waals surface area contributed by atoms with E-state index in [1.807, 2.05) is 24.5 Å². The Morgan fingerprint density at radius 3 is 1.53 bits per heavy atom. The van der Waals surface area contributed by atoms with Crippen LogP contribution in [0.3, 0.4) is 0 Å². The molecule has 2 aromatic heterocycles. The number of aryl methyl sites for hydroxylation is 2. The Bertz CT molecular complexity index is 755. The molecule has 30 heavy (non-hydrogen) atoms. The van der Waals surface area contributed by atoms with Crippen LogP contribution in [0.4, 0.5) is 4.79 Å². The van der Waals surface area contributed by atoms with E-state index in [4.69, 9.17) is 0 Å². The summed E-state index contributed by atoms with van der Waals surface area (Å²) in [6, 6.07) is 3.74. The highest BCUT2D eigenvalue weighted by molar-refractivity contribution is 5.73. The lowest BCUT2D eigenvalue weighted by molar-refractivity contribution is 0.240. The van der Waals surface area contributed by atoms with Crippen molar-refractivity contribution >= 4 is 6.03 Å². The number of rotatable bonds is 8. The number of urea groups is 1. The average Bonchev–Trinajstić information content (AvgIpc) is 2.68. The zero-order chi connectivity index (χ0) is 22.2. The Kier molecular flexibility index (Phi) is 8.26. The third kappa shape index (κ3) is 8.05. The van der Waals surface area contributed by atoms with Crippen molar-refractivity contribution in [2.45, 2.75) is 78.1 Å². The van der Waals surface area contributed by atoms with Crippen LogP contribution in [0.15, 0.2) is 24.5 Å². The summed E-state index contributed by atoms with van der Waals surface area (Å²) in [5, 5.41) is 5.81. The number of amides is 2. The van der Waals surface area contributed by atoms with Crippen LogP contribution in [0.25, 0.3) is 0 Å². The summed E-state index contributed by atoms with van der Waals surface area (Å²) in [4.78, 5) is 29.9. The third-order valence-electron chi connectivity index (χ3n) is 4.56. The molecule has 0 fully saturated rings. The van der Waals surface area contributed by atoms with Crippen LogP contribution >= 0.6 is 0 Å². The van der Waals surface area contributed by atoms with Crippen LogP contribution in [0.1, 0.15) is 77.4 Å². The lowest BCUT2D eigenvalue weighted by atomic mass is 9.95. The predicted octanol–water partition coefficient (Wildman–Crippen LogP) is 3.73. The molecule has 7 heteroatoms. The fourth-order valence-electron chi connectivity index (χ4n) is 2.80. The van der Waals surface area contributed by atoms with Gasteiger partial charge in [0.1, 0.15) is 11.6 Å². The van der Waals surface area contributed by atoms with E-state index in [0.29, 0.717) is 13.1 Å². The van der Waals surface area contributed by atoms with Gasteiger partial charge in [-0.05, 0) is 37.8 Å². The molecule has 164 valence electrons. The summed E-state index contributed by atoms with van der Waals surface area (Å²) in [5.74, 6) is 1.70. The third-order valence-corrected chi connectivity index (χ3v) is 4.56. The lowest BCUT2D eigenvalue weighted by Crippen LogP contribution is -2.36. The van der Waals surface area contributed by atoms with Crippen molar-refractivity contribution in [1.29, 1.82) is 0 Å². The maximum atomic E-state index is 12.0. The molecule has 2 heterocycles.